The van der Waals surface area contributed by atoms with Gasteiger partial charge in [-0.25, -0.2) is 4.79 Å². The molecule has 1 rings (SSSR count). The van der Waals surface area contributed by atoms with Crippen molar-refractivity contribution in [3.63, 3.8) is 0 Å². The molecule has 0 aliphatic heterocycles. The first-order valence-corrected chi connectivity index (χ1v) is 10.3. The summed E-state index contributed by atoms with van der Waals surface area (Å²) in [5, 5.41) is 0. The van der Waals surface area contributed by atoms with E-state index in [1.165, 1.54) is 44.6 Å². The quantitative estimate of drug-likeness (QED) is 0.302. The topological polar surface area (TPSA) is 39.4 Å². The van der Waals surface area contributed by atoms with E-state index in [-0.39, 0.29) is 5.63 Å². The number of hydrogen-bond acceptors (Lipinski definition) is 3. The Balaban J connectivity index is 2.14. The first-order chi connectivity index (χ1) is 13.3. The molecule has 0 aliphatic carbocycles. The fourth-order valence-electron chi connectivity index (χ4n) is 2.86. The van der Waals surface area contributed by atoms with Gasteiger partial charge in [0.1, 0.15) is 11.5 Å². The van der Waals surface area contributed by atoms with Crippen LogP contribution in [0.3, 0.4) is 0 Å². The Morgan fingerprint density at radius 1 is 0.815 bits per heavy atom. The van der Waals surface area contributed by atoms with Crippen molar-refractivity contribution in [2.75, 3.05) is 6.61 Å². The molecule has 0 unspecified atom stereocenters. The summed E-state index contributed by atoms with van der Waals surface area (Å²) in [5.41, 5.74) is -0.330. The van der Waals surface area contributed by atoms with Crippen LogP contribution in [0.2, 0.25) is 0 Å². The molecule has 0 spiro atoms. The van der Waals surface area contributed by atoms with Gasteiger partial charge in [-0.2, -0.15) is 0 Å². The van der Waals surface area contributed by atoms with Gasteiger partial charge in [-0.05, 0) is 39.5 Å². The van der Waals surface area contributed by atoms with Crippen LogP contribution >= 0.6 is 0 Å². The van der Waals surface area contributed by atoms with E-state index in [0.717, 1.165) is 38.5 Å². The Kier molecular flexibility index (Phi) is 13.6. The summed E-state index contributed by atoms with van der Waals surface area (Å²) in [6.07, 6.45) is 13.1. The molecule has 3 heteroatoms. The maximum absolute atomic E-state index is 11.7. The first-order valence-electron chi connectivity index (χ1n) is 10.3. The van der Waals surface area contributed by atoms with Crippen molar-refractivity contribution in [3.05, 3.63) is 28.3 Å². The van der Waals surface area contributed by atoms with Crippen molar-refractivity contribution in [1.29, 1.82) is 0 Å². The molecule has 1 aromatic heterocycles. The normalized spacial score (nSPS) is 9.85. The molecule has 0 fully saturated rings. The van der Waals surface area contributed by atoms with Crippen molar-refractivity contribution in [2.24, 2.45) is 0 Å². The lowest BCUT2D eigenvalue weighted by molar-refractivity contribution is 0.298. The second-order valence-electron chi connectivity index (χ2n) is 6.71. The number of rotatable bonds is 14. The maximum atomic E-state index is 11.7. The zero-order valence-corrected chi connectivity index (χ0v) is 17.1. The molecule has 0 bridgehead atoms. The minimum atomic E-state index is -0.330. The smallest absolute Gasteiger partial charge is 0.339 e. The monoisotopic (exact) mass is 370 g/mol. The molecule has 0 aliphatic rings. The molecule has 0 N–H and O–H groups in total. The van der Waals surface area contributed by atoms with E-state index in [4.69, 9.17) is 9.15 Å². The molecular formula is C24H34O3. The fourth-order valence-corrected chi connectivity index (χ4v) is 2.86. The Labute approximate surface area is 164 Å². The molecular weight excluding hydrogens is 336 g/mol. The van der Waals surface area contributed by atoms with Crippen LogP contribution in [0.1, 0.15) is 90.2 Å². The highest BCUT2D eigenvalue weighted by Crippen LogP contribution is 2.14. The minimum absolute atomic E-state index is 0.330. The van der Waals surface area contributed by atoms with Gasteiger partial charge >= 0.3 is 5.63 Å². The predicted octanol–water partition coefficient (Wildman–Crippen LogP) is 5.90. The van der Waals surface area contributed by atoms with Gasteiger partial charge < -0.3 is 9.15 Å². The van der Waals surface area contributed by atoms with Crippen LogP contribution in [-0.2, 0) is 6.42 Å². The summed E-state index contributed by atoms with van der Waals surface area (Å²) in [7, 11) is 0. The van der Waals surface area contributed by atoms with Crippen molar-refractivity contribution >= 4 is 0 Å². The zero-order chi connectivity index (χ0) is 19.6. The van der Waals surface area contributed by atoms with Gasteiger partial charge in [-0.1, -0.05) is 32.1 Å². The van der Waals surface area contributed by atoms with E-state index in [2.05, 4.69) is 23.7 Å². The van der Waals surface area contributed by atoms with Crippen molar-refractivity contribution < 1.29 is 9.15 Å². The molecule has 27 heavy (non-hydrogen) atoms. The number of hydrogen-bond donors (Lipinski definition) is 0. The van der Waals surface area contributed by atoms with E-state index in [9.17, 15) is 4.79 Å². The van der Waals surface area contributed by atoms with Gasteiger partial charge in [0.05, 0.1) is 12.7 Å². The molecule has 0 radical (unpaired) electrons. The van der Waals surface area contributed by atoms with Crippen LogP contribution in [0, 0.1) is 23.7 Å². The molecule has 3 nitrogen and oxygen atoms in total. The Hall–Kier alpha value is -2.13. The van der Waals surface area contributed by atoms with Crippen LogP contribution in [0.25, 0.3) is 0 Å². The number of aryl methyl sites for hydroxylation is 1. The van der Waals surface area contributed by atoms with Gasteiger partial charge in [-0.15, -0.1) is 23.7 Å². The predicted molar refractivity (Wildman–Crippen MR) is 112 cm³/mol. The number of ether oxygens (including phenoxy) is 1. The first kappa shape index (κ1) is 22.9. The van der Waals surface area contributed by atoms with Gasteiger partial charge in [0.15, 0.2) is 0 Å². The van der Waals surface area contributed by atoms with Crippen LogP contribution < -0.4 is 10.4 Å². The van der Waals surface area contributed by atoms with Crippen LogP contribution in [-0.4, -0.2) is 6.61 Å². The summed E-state index contributed by atoms with van der Waals surface area (Å²) < 4.78 is 11.0. The van der Waals surface area contributed by atoms with E-state index in [1.807, 2.05) is 19.9 Å². The maximum Gasteiger partial charge on any atom is 0.339 e. The third-order valence-electron chi connectivity index (χ3n) is 4.34. The van der Waals surface area contributed by atoms with Crippen LogP contribution in [0.5, 0.6) is 5.75 Å². The van der Waals surface area contributed by atoms with E-state index >= 15 is 0 Å². The Bertz CT molecular complexity index is 679. The Morgan fingerprint density at radius 3 is 2.07 bits per heavy atom. The van der Waals surface area contributed by atoms with Crippen molar-refractivity contribution in [3.8, 4) is 29.4 Å². The average Bonchev–Trinajstić information content (AvgIpc) is 2.65. The average molecular weight is 371 g/mol. The highest BCUT2D eigenvalue weighted by molar-refractivity contribution is 5.20. The second kappa shape index (κ2) is 16.1. The van der Waals surface area contributed by atoms with Crippen LogP contribution in [0.4, 0.5) is 0 Å². The van der Waals surface area contributed by atoms with Crippen molar-refractivity contribution in [1.82, 2.24) is 0 Å². The minimum Gasteiger partial charge on any atom is -0.493 e. The third-order valence-corrected chi connectivity index (χ3v) is 4.34. The summed E-state index contributed by atoms with van der Waals surface area (Å²) in [4.78, 5) is 11.7. The lowest BCUT2D eigenvalue weighted by Crippen LogP contribution is -2.04. The lowest BCUT2D eigenvalue weighted by atomic mass is 10.1. The molecule has 0 saturated heterocycles. The molecule has 1 aromatic rings. The summed E-state index contributed by atoms with van der Waals surface area (Å²) in [6.45, 7) is 4.40. The van der Waals surface area contributed by atoms with E-state index in [1.54, 1.807) is 0 Å². The highest BCUT2D eigenvalue weighted by atomic mass is 16.5. The fraction of sp³-hybridized carbons (Fsp3) is 0.625. The highest BCUT2D eigenvalue weighted by Gasteiger charge is 2.03. The molecule has 0 atom stereocenters. The van der Waals surface area contributed by atoms with E-state index in [0.29, 0.717) is 18.1 Å². The van der Waals surface area contributed by atoms with Crippen molar-refractivity contribution in [2.45, 2.75) is 90.9 Å². The third kappa shape index (κ3) is 12.8. The molecule has 0 amide bonds. The second-order valence-corrected chi connectivity index (χ2v) is 6.71. The molecule has 1 heterocycles. The number of unbranched alkanes of at least 4 members (excludes halogenated alkanes) is 9. The van der Waals surface area contributed by atoms with Gasteiger partial charge in [0.2, 0.25) is 0 Å². The van der Waals surface area contributed by atoms with E-state index < -0.39 is 0 Å². The zero-order valence-electron chi connectivity index (χ0n) is 17.1. The van der Waals surface area contributed by atoms with Gasteiger partial charge in [-0.3, -0.25) is 0 Å². The standard InChI is InChI=1S/C24H34O3/c1-3-5-7-9-10-11-12-13-15-17-19-26-23-20-22(27-24(25)21-23)18-16-14-8-6-4-2/h20-21H,7-19H2,1-2H3. The summed E-state index contributed by atoms with van der Waals surface area (Å²) in [5.74, 6) is 13.3. The molecule has 0 saturated carbocycles. The summed E-state index contributed by atoms with van der Waals surface area (Å²) in [6, 6.07) is 3.29. The summed E-state index contributed by atoms with van der Waals surface area (Å²) >= 11 is 0. The SMILES string of the molecule is CC#CCCCCCCCCCOc1cc(CCCCC#CC)oc(=O)c1. The van der Waals surface area contributed by atoms with Gasteiger partial charge in [0, 0.05) is 25.3 Å². The van der Waals surface area contributed by atoms with Crippen LogP contribution in [0.15, 0.2) is 21.3 Å². The van der Waals surface area contributed by atoms with Gasteiger partial charge in [0.25, 0.3) is 0 Å². The molecule has 148 valence electrons. The largest absolute Gasteiger partial charge is 0.493 e. The lowest BCUT2D eigenvalue weighted by Gasteiger charge is -2.07. The Morgan fingerprint density at radius 2 is 1.41 bits per heavy atom. The molecule has 0 aromatic carbocycles.